The number of aryl methyl sites for hydroxylation is 1. The number of benzene rings is 1. The van der Waals surface area contributed by atoms with Gasteiger partial charge in [0.1, 0.15) is 6.54 Å². The van der Waals surface area contributed by atoms with Gasteiger partial charge in [0.05, 0.1) is 18.8 Å². The summed E-state index contributed by atoms with van der Waals surface area (Å²) in [6.45, 7) is 3.50. The van der Waals surface area contributed by atoms with Crippen molar-refractivity contribution in [3.05, 3.63) is 54.6 Å². The Bertz CT molecular complexity index is 1330. The van der Waals surface area contributed by atoms with E-state index in [1.807, 2.05) is 0 Å². The first-order chi connectivity index (χ1) is 14.2. The lowest BCUT2D eigenvalue weighted by Crippen LogP contribution is -2.40. The van der Waals surface area contributed by atoms with E-state index in [9.17, 15) is 14.4 Å². The number of hydrogen-bond donors (Lipinski definition) is 0. The van der Waals surface area contributed by atoms with Crippen molar-refractivity contribution in [2.24, 2.45) is 12.1 Å². The van der Waals surface area contributed by atoms with E-state index in [-0.39, 0.29) is 30.0 Å². The van der Waals surface area contributed by atoms with Crippen LogP contribution in [0.4, 0.5) is 5.95 Å². The average molecular weight is 449 g/mol. The molecule has 0 unspecified atom stereocenters. The Labute approximate surface area is 180 Å². The summed E-state index contributed by atoms with van der Waals surface area (Å²) in [6, 6.07) is 4.99. The van der Waals surface area contributed by atoms with Crippen molar-refractivity contribution in [2.45, 2.75) is 26.9 Å². The van der Waals surface area contributed by atoms with Gasteiger partial charge in [0, 0.05) is 22.7 Å². The van der Waals surface area contributed by atoms with Gasteiger partial charge in [0.15, 0.2) is 16.9 Å². The molecule has 4 rings (SSSR count). The van der Waals surface area contributed by atoms with Crippen LogP contribution in [0.15, 0.2) is 32.9 Å². The number of Topliss-reactive ketones (excluding diaryl/α,β-unsaturated/α-hetero) is 1. The molecule has 156 valence electrons. The van der Waals surface area contributed by atoms with Gasteiger partial charge in [-0.15, -0.1) is 0 Å². The Morgan fingerprint density at radius 1 is 1.20 bits per heavy atom. The summed E-state index contributed by atoms with van der Waals surface area (Å²) in [5, 5.41) is 6.54. The molecular formula is C19H18Cl2N6O3. The van der Waals surface area contributed by atoms with Gasteiger partial charge in [-0.25, -0.2) is 9.80 Å². The molecule has 1 aromatic carbocycles. The number of halogens is 2. The van der Waals surface area contributed by atoms with E-state index >= 15 is 0 Å². The minimum atomic E-state index is -0.547. The number of anilines is 1. The van der Waals surface area contributed by atoms with Gasteiger partial charge in [0.25, 0.3) is 5.56 Å². The summed E-state index contributed by atoms with van der Waals surface area (Å²) in [6.07, 6.45) is 0. The Balaban J connectivity index is 1.96. The molecule has 2 aromatic heterocycles. The lowest BCUT2D eigenvalue weighted by Gasteiger charge is -2.23. The second kappa shape index (κ2) is 7.41. The summed E-state index contributed by atoms with van der Waals surface area (Å²) in [7, 11) is 1.54. The molecule has 0 amide bonds. The number of imidazole rings is 1. The number of carbonyl (C=O) groups is 1. The molecule has 0 N–H and O–H groups in total. The van der Waals surface area contributed by atoms with Crippen LogP contribution in [0.2, 0.25) is 10.0 Å². The van der Waals surface area contributed by atoms with E-state index in [4.69, 9.17) is 23.2 Å². The molecule has 0 aliphatic carbocycles. The minimum Gasteiger partial charge on any atom is -0.298 e. The fourth-order valence-electron chi connectivity index (χ4n) is 3.52. The molecule has 9 nitrogen and oxygen atoms in total. The van der Waals surface area contributed by atoms with Crippen LogP contribution in [0.25, 0.3) is 11.2 Å². The first kappa shape index (κ1) is 20.4. The Morgan fingerprint density at radius 2 is 1.87 bits per heavy atom. The van der Waals surface area contributed by atoms with E-state index in [0.29, 0.717) is 33.8 Å². The number of ketones is 1. The van der Waals surface area contributed by atoms with Crippen molar-refractivity contribution in [3.63, 3.8) is 0 Å². The fourth-order valence-corrected chi connectivity index (χ4v) is 4.03. The summed E-state index contributed by atoms with van der Waals surface area (Å²) in [5.41, 5.74) is 0.596. The van der Waals surface area contributed by atoms with E-state index < -0.39 is 11.2 Å². The molecule has 3 aromatic rings. The predicted molar refractivity (Wildman–Crippen MR) is 116 cm³/mol. The van der Waals surface area contributed by atoms with Gasteiger partial charge in [-0.3, -0.25) is 23.3 Å². The van der Waals surface area contributed by atoms with Gasteiger partial charge in [-0.1, -0.05) is 29.3 Å². The van der Waals surface area contributed by atoms with E-state index in [1.165, 1.54) is 23.5 Å². The van der Waals surface area contributed by atoms with Gasteiger partial charge in [-0.2, -0.15) is 10.1 Å². The third-order valence-electron chi connectivity index (χ3n) is 4.87. The third kappa shape index (κ3) is 3.23. The smallest absolute Gasteiger partial charge is 0.298 e. The van der Waals surface area contributed by atoms with E-state index in [1.54, 1.807) is 29.7 Å². The monoisotopic (exact) mass is 448 g/mol. The maximum Gasteiger partial charge on any atom is 0.332 e. The highest BCUT2D eigenvalue weighted by Crippen LogP contribution is 2.26. The number of nitrogens with zero attached hydrogens (tertiary/aromatic N) is 6. The first-order valence-corrected chi connectivity index (χ1v) is 9.88. The van der Waals surface area contributed by atoms with Crippen molar-refractivity contribution < 1.29 is 4.79 Å². The molecule has 11 heteroatoms. The van der Waals surface area contributed by atoms with Crippen LogP contribution in [0, 0.1) is 0 Å². The molecule has 3 heterocycles. The van der Waals surface area contributed by atoms with Crippen molar-refractivity contribution in [1.29, 1.82) is 0 Å². The lowest BCUT2D eigenvalue weighted by molar-refractivity contribution is -0.115. The fraction of sp³-hybridized carbons (Fsp3) is 0.316. The molecule has 0 radical (unpaired) electrons. The van der Waals surface area contributed by atoms with Gasteiger partial charge in [-0.05, 0) is 26.0 Å². The van der Waals surface area contributed by atoms with Gasteiger partial charge >= 0.3 is 5.69 Å². The van der Waals surface area contributed by atoms with Crippen LogP contribution < -0.4 is 16.3 Å². The minimum absolute atomic E-state index is 0.0119. The van der Waals surface area contributed by atoms with Crippen LogP contribution in [0.5, 0.6) is 0 Å². The van der Waals surface area contributed by atoms with Crippen LogP contribution in [-0.4, -0.2) is 36.7 Å². The number of carbonyl (C=O) groups excluding carboxylic acids is 1. The summed E-state index contributed by atoms with van der Waals surface area (Å²) >= 11 is 12.5. The highest BCUT2D eigenvalue weighted by molar-refractivity contribution is 6.36. The lowest BCUT2D eigenvalue weighted by atomic mass is 10.2. The first-order valence-electron chi connectivity index (χ1n) is 9.13. The summed E-state index contributed by atoms with van der Waals surface area (Å²) in [5.74, 6) is 0.234. The third-order valence-corrected chi connectivity index (χ3v) is 5.58. The summed E-state index contributed by atoms with van der Waals surface area (Å²) < 4.78 is 4.06. The zero-order valence-corrected chi connectivity index (χ0v) is 18.0. The molecule has 0 saturated carbocycles. The van der Waals surface area contributed by atoms with Crippen LogP contribution in [-0.2, 0) is 24.9 Å². The highest BCUT2D eigenvalue weighted by atomic mass is 35.5. The second-order valence-corrected chi connectivity index (χ2v) is 8.01. The molecule has 0 bridgehead atoms. The number of hydrogen-bond acceptors (Lipinski definition) is 6. The van der Waals surface area contributed by atoms with Gasteiger partial charge in [0.2, 0.25) is 5.95 Å². The van der Waals surface area contributed by atoms with E-state index in [0.717, 1.165) is 4.57 Å². The van der Waals surface area contributed by atoms with Crippen molar-refractivity contribution >= 4 is 51.8 Å². The van der Waals surface area contributed by atoms with Crippen LogP contribution in [0.1, 0.15) is 19.4 Å². The van der Waals surface area contributed by atoms with Crippen molar-refractivity contribution in [2.75, 3.05) is 11.6 Å². The molecule has 0 atom stereocenters. The van der Waals surface area contributed by atoms with Gasteiger partial charge < -0.3 is 0 Å². The number of aromatic nitrogens is 4. The van der Waals surface area contributed by atoms with Crippen LogP contribution in [0.3, 0.4) is 0 Å². The molecule has 0 saturated heterocycles. The van der Waals surface area contributed by atoms with Crippen molar-refractivity contribution in [1.82, 2.24) is 18.7 Å². The zero-order chi connectivity index (χ0) is 21.7. The molecular weight excluding hydrogens is 431 g/mol. The largest absolute Gasteiger partial charge is 0.332 e. The Kier molecular flexibility index (Phi) is 5.03. The SMILES string of the molecule is CC(=O)CN1N=C(C)Cn2c1nc1c2c(=O)n(Cc2c(Cl)cccc2Cl)c(=O)n1C. The summed E-state index contributed by atoms with van der Waals surface area (Å²) in [4.78, 5) is 42.4. The number of hydrazone groups is 1. The normalized spacial score (nSPS) is 13.5. The average Bonchev–Trinajstić information content (AvgIpc) is 3.05. The van der Waals surface area contributed by atoms with Crippen molar-refractivity contribution in [3.8, 4) is 0 Å². The topological polar surface area (TPSA) is 94.5 Å². The zero-order valence-electron chi connectivity index (χ0n) is 16.5. The predicted octanol–water partition coefficient (Wildman–Crippen LogP) is 2.04. The molecule has 1 aliphatic heterocycles. The van der Waals surface area contributed by atoms with Crippen LogP contribution >= 0.6 is 23.2 Å². The number of rotatable bonds is 4. The standard InChI is InChI=1S/C19H18Cl2N6O3/c1-10-7-25-15-16(22-18(25)27(23-10)8-11(2)28)24(3)19(30)26(17(15)29)9-12-13(20)5-4-6-14(12)21/h4-6H,7-9H2,1-3H3. The molecule has 1 aliphatic rings. The number of fused-ring (bicyclic) bond motifs is 3. The maximum atomic E-state index is 13.4. The molecule has 0 spiro atoms. The highest BCUT2D eigenvalue weighted by Gasteiger charge is 2.27. The molecule has 30 heavy (non-hydrogen) atoms. The molecule has 0 fully saturated rings. The maximum absolute atomic E-state index is 13.4. The Hall–Kier alpha value is -2.91. The van der Waals surface area contributed by atoms with E-state index in [2.05, 4.69) is 10.1 Å². The quantitative estimate of drug-likeness (QED) is 0.608. The Morgan fingerprint density at radius 3 is 2.50 bits per heavy atom. The second-order valence-electron chi connectivity index (χ2n) is 7.20.